The maximum atomic E-state index is 11.8. The summed E-state index contributed by atoms with van der Waals surface area (Å²) in [5.74, 6) is -0.409. The number of carbonyl (C=O) groups is 1. The second-order valence-electron chi connectivity index (χ2n) is 4.39. The Balaban J connectivity index is 2.74. The molecule has 0 aliphatic carbocycles. The predicted octanol–water partition coefficient (Wildman–Crippen LogP) is 3.54. The van der Waals surface area contributed by atoms with Gasteiger partial charge in [-0.3, -0.25) is 0 Å². The molecule has 0 radical (unpaired) electrons. The fourth-order valence-corrected chi connectivity index (χ4v) is 1.32. The molecule has 0 saturated heterocycles. The van der Waals surface area contributed by atoms with E-state index in [0.717, 1.165) is 4.47 Å². The van der Waals surface area contributed by atoms with Crippen LogP contribution in [0.1, 0.15) is 31.1 Å². The topological polar surface area (TPSA) is 50.1 Å². The van der Waals surface area contributed by atoms with Gasteiger partial charge in [0.25, 0.3) is 0 Å². The average molecular weight is 296 g/mol. The van der Waals surface area contributed by atoms with E-state index in [1.54, 1.807) is 45.0 Å². The first-order valence-electron chi connectivity index (χ1n) is 5.24. The smallest absolute Gasteiger partial charge is 0.338 e. The maximum Gasteiger partial charge on any atom is 0.338 e. The summed E-state index contributed by atoms with van der Waals surface area (Å²) in [4.78, 5) is 11.8. The number of esters is 1. The number of benzene rings is 1. The van der Waals surface area contributed by atoms with E-state index in [4.69, 9.17) is 10.00 Å². The Morgan fingerprint density at radius 2 is 1.94 bits per heavy atom. The highest BCUT2D eigenvalue weighted by atomic mass is 79.9. The highest BCUT2D eigenvalue weighted by Crippen LogP contribution is 2.23. The molecule has 0 unspecified atom stereocenters. The molecule has 1 atom stereocenters. The Kier molecular flexibility index (Phi) is 4.30. The third kappa shape index (κ3) is 3.57. The van der Waals surface area contributed by atoms with E-state index >= 15 is 0 Å². The van der Waals surface area contributed by atoms with E-state index in [1.807, 2.05) is 0 Å². The molecule has 0 N–H and O–H groups in total. The van der Waals surface area contributed by atoms with Gasteiger partial charge in [0.1, 0.15) is 6.10 Å². The minimum absolute atomic E-state index is 0.409. The van der Waals surface area contributed by atoms with Crippen molar-refractivity contribution in [2.24, 2.45) is 5.41 Å². The Morgan fingerprint density at radius 1 is 1.41 bits per heavy atom. The van der Waals surface area contributed by atoms with Crippen LogP contribution in [0.2, 0.25) is 0 Å². The Morgan fingerprint density at radius 3 is 2.41 bits per heavy atom. The number of halogens is 1. The zero-order chi connectivity index (χ0) is 13.1. The van der Waals surface area contributed by atoms with E-state index < -0.39 is 17.5 Å². The molecule has 3 nitrogen and oxygen atoms in total. The van der Waals surface area contributed by atoms with Gasteiger partial charge in [-0.1, -0.05) is 15.9 Å². The summed E-state index contributed by atoms with van der Waals surface area (Å²) >= 11 is 3.29. The first kappa shape index (κ1) is 13.7. The fourth-order valence-electron chi connectivity index (χ4n) is 1.05. The van der Waals surface area contributed by atoms with Gasteiger partial charge >= 0.3 is 5.97 Å². The van der Waals surface area contributed by atoms with Crippen molar-refractivity contribution in [1.29, 1.82) is 5.26 Å². The summed E-state index contributed by atoms with van der Waals surface area (Å²) in [5, 5.41) is 8.94. The molecule has 0 aliphatic rings. The van der Waals surface area contributed by atoms with Crippen molar-refractivity contribution in [3.05, 3.63) is 34.3 Å². The molecule has 1 rings (SSSR count). The molecule has 4 heteroatoms. The molecular weight excluding hydrogens is 282 g/mol. The van der Waals surface area contributed by atoms with Gasteiger partial charge in [0.2, 0.25) is 0 Å². The third-order valence-electron chi connectivity index (χ3n) is 2.67. The molecule has 1 aromatic rings. The van der Waals surface area contributed by atoms with Crippen molar-refractivity contribution < 1.29 is 9.53 Å². The lowest BCUT2D eigenvalue weighted by molar-refractivity contribution is 0.0129. The van der Waals surface area contributed by atoms with Gasteiger partial charge < -0.3 is 4.74 Å². The highest BCUT2D eigenvalue weighted by molar-refractivity contribution is 9.10. The van der Waals surface area contributed by atoms with Crippen LogP contribution in [0, 0.1) is 16.7 Å². The Bertz CT molecular complexity index is 445. The van der Waals surface area contributed by atoms with Crippen LogP contribution >= 0.6 is 15.9 Å². The molecule has 0 aliphatic heterocycles. The average Bonchev–Trinajstić information content (AvgIpc) is 2.29. The van der Waals surface area contributed by atoms with Gasteiger partial charge in [0.15, 0.2) is 0 Å². The summed E-state index contributed by atoms with van der Waals surface area (Å²) < 4.78 is 6.16. The minimum Gasteiger partial charge on any atom is -0.457 e. The van der Waals surface area contributed by atoms with Crippen LogP contribution in [0.3, 0.4) is 0 Å². The van der Waals surface area contributed by atoms with Gasteiger partial charge in [-0.2, -0.15) is 5.26 Å². The van der Waals surface area contributed by atoms with E-state index in [-0.39, 0.29) is 0 Å². The molecule has 0 saturated carbocycles. The molecule has 0 bridgehead atoms. The van der Waals surface area contributed by atoms with E-state index in [1.165, 1.54) is 0 Å². The normalized spacial score (nSPS) is 12.6. The SMILES string of the molecule is C[C@H](OC(=O)c1ccc(Br)cc1)C(C)(C)C#N. The molecule has 0 spiro atoms. The molecule has 90 valence electrons. The quantitative estimate of drug-likeness (QED) is 0.801. The van der Waals surface area contributed by atoms with Crippen molar-refractivity contribution in [2.45, 2.75) is 26.9 Å². The number of carbonyl (C=O) groups excluding carboxylic acids is 1. The minimum atomic E-state index is -0.689. The van der Waals surface area contributed by atoms with Crippen molar-refractivity contribution >= 4 is 21.9 Å². The fraction of sp³-hybridized carbons (Fsp3) is 0.385. The molecule has 0 heterocycles. The van der Waals surface area contributed by atoms with Gasteiger partial charge in [-0.05, 0) is 45.0 Å². The van der Waals surface area contributed by atoms with Crippen LogP contribution in [0.5, 0.6) is 0 Å². The van der Waals surface area contributed by atoms with Crippen LogP contribution in [0.25, 0.3) is 0 Å². The Hall–Kier alpha value is -1.34. The first-order valence-corrected chi connectivity index (χ1v) is 6.04. The predicted molar refractivity (Wildman–Crippen MR) is 68.4 cm³/mol. The summed E-state index contributed by atoms with van der Waals surface area (Å²) in [6.45, 7) is 5.21. The lowest BCUT2D eigenvalue weighted by atomic mass is 9.89. The lowest BCUT2D eigenvalue weighted by Gasteiger charge is -2.24. The maximum absolute atomic E-state index is 11.8. The molecule has 0 aromatic heterocycles. The van der Waals surface area contributed by atoms with Crippen LogP contribution < -0.4 is 0 Å². The molecular formula is C13H14BrNO2. The third-order valence-corrected chi connectivity index (χ3v) is 3.20. The van der Waals surface area contributed by atoms with Crippen LogP contribution in [-0.4, -0.2) is 12.1 Å². The summed E-state index contributed by atoms with van der Waals surface area (Å²) in [5.41, 5.74) is -0.209. The van der Waals surface area contributed by atoms with E-state index in [0.29, 0.717) is 5.56 Å². The number of hydrogen-bond acceptors (Lipinski definition) is 3. The van der Waals surface area contributed by atoms with Gasteiger partial charge in [0.05, 0.1) is 17.0 Å². The summed E-state index contributed by atoms with van der Waals surface area (Å²) in [6.07, 6.45) is -0.455. The highest BCUT2D eigenvalue weighted by Gasteiger charge is 2.29. The van der Waals surface area contributed by atoms with Gasteiger partial charge in [-0.15, -0.1) is 0 Å². The second kappa shape index (κ2) is 5.33. The van der Waals surface area contributed by atoms with E-state index in [2.05, 4.69) is 22.0 Å². The van der Waals surface area contributed by atoms with E-state index in [9.17, 15) is 4.79 Å². The number of hydrogen-bond donors (Lipinski definition) is 0. The lowest BCUT2D eigenvalue weighted by Crippen LogP contribution is -2.30. The zero-order valence-electron chi connectivity index (χ0n) is 10.0. The zero-order valence-corrected chi connectivity index (χ0v) is 11.6. The van der Waals surface area contributed by atoms with Crippen molar-refractivity contribution in [2.75, 3.05) is 0 Å². The molecule has 1 aromatic carbocycles. The van der Waals surface area contributed by atoms with Crippen molar-refractivity contribution in [3.8, 4) is 6.07 Å². The largest absolute Gasteiger partial charge is 0.457 e. The van der Waals surface area contributed by atoms with Crippen LogP contribution in [0.15, 0.2) is 28.7 Å². The van der Waals surface area contributed by atoms with Crippen LogP contribution in [0.4, 0.5) is 0 Å². The number of nitriles is 1. The number of rotatable bonds is 3. The number of ether oxygens (including phenoxy) is 1. The second-order valence-corrected chi connectivity index (χ2v) is 5.30. The van der Waals surface area contributed by atoms with Crippen molar-refractivity contribution in [3.63, 3.8) is 0 Å². The molecule has 0 fully saturated rings. The number of nitrogens with zero attached hydrogens (tertiary/aromatic N) is 1. The Labute approximate surface area is 110 Å². The van der Waals surface area contributed by atoms with Gasteiger partial charge in [-0.25, -0.2) is 4.79 Å². The van der Waals surface area contributed by atoms with Crippen LogP contribution in [-0.2, 0) is 4.74 Å². The van der Waals surface area contributed by atoms with Crippen molar-refractivity contribution in [1.82, 2.24) is 0 Å². The molecule has 0 amide bonds. The first-order chi connectivity index (χ1) is 7.86. The monoisotopic (exact) mass is 295 g/mol. The standard InChI is InChI=1S/C13H14BrNO2/c1-9(13(2,3)8-15)17-12(16)10-4-6-11(14)7-5-10/h4-7,9H,1-3H3/t9-/m0/s1. The summed E-state index contributed by atoms with van der Waals surface area (Å²) in [6, 6.07) is 9.03. The molecule has 17 heavy (non-hydrogen) atoms. The van der Waals surface area contributed by atoms with Gasteiger partial charge in [0, 0.05) is 4.47 Å². The summed E-state index contributed by atoms with van der Waals surface area (Å²) in [7, 11) is 0.